The maximum absolute atomic E-state index is 11.8. The number of para-hydroxylation sites is 1. The molecule has 0 saturated carbocycles. The van der Waals surface area contributed by atoms with Gasteiger partial charge in [0.25, 0.3) is 0 Å². The largest absolute Gasteiger partial charge is 0.465 e. The molecule has 0 radical (unpaired) electrons. The summed E-state index contributed by atoms with van der Waals surface area (Å²) in [5.41, 5.74) is 6.99. The van der Waals surface area contributed by atoms with E-state index in [1.165, 1.54) is 4.90 Å². The summed E-state index contributed by atoms with van der Waals surface area (Å²) in [5, 5.41) is 13.9. The molecule has 0 bridgehead atoms. The van der Waals surface area contributed by atoms with Crippen LogP contribution in [0.15, 0.2) is 67.0 Å². The van der Waals surface area contributed by atoms with Gasteiger partial charge in [0.15, 0.2) is 5.82 Å². The van der Waals surface area contributed by atoms with Gasteiger partial charge in [-0.15, -0.1) is 0 Å². The van der Waals surface area contributed by atoms with Crippen LogP contribution in [0.5, 0.6) is 0 Å². The number of amides is 1. The van der Waals surface area contributed by atoms with Crippen LogP contribution in [0.2, 0.25) is 0 Å². The number of aromatic amines is 1. The highest BCUT2D eigenvalue weighted by molar-refractivity contribution is 6.07. The maximum Gasteiger partial charge on any atom is 0.407 e. The van der Waals surface area contributed by atoms with Crippen molar-refractivity contribution in [2.75, 3.05) is 36.9 Å². The average molecular weight is 496 g/mol. The number of aryl methyl sites for hydroxylation is 1. The monoisotopic (exact) mass is 495 g/mol. The minimum atomic E-state index is -0.867. The van der Waals surface area contributed by atoms with Crippen LogP contribution in [0.4, 0.5) is 16.3 Å². The molecule has 3 N–H and O–H groups in total. The predicted molar refractivity (Wildman–Crippen MR) is 146 cm³/mol. The summed E-state index contributed by atoms with van der Waals surface area (Å²) in [7, 11) is 3.84. The van der Waals surface area contributed by atoms with Gasteiger partial charge in [-0.05, 0) is 30.2 Å². The molecular formula is C28H29N7O2. The Morgan fingerprint density at radius 1 is 1.14 bits per heavy atom. The van der Waals surface area contributed by atoms with Crippen LogP contribution in [-0.2, 0) is 13.5 Å². The molecule has 188 valence electrons. The first-order valence-electron chi connectivity index (χ1n) is 12.4. The van der Waals surface area contributed by atoms with Crippen molar-refractivity contribution >= 4 is 39.7 Å². The lowest BCUT2D eigenvalue weighted by molar-refractivity contribution is 0.134. The number of pyridine rings is 1. The number of piperazine rings is 1. The van der Waals surface area contributed by atoms with Crippen LogP contribution in [-0.4, -0.2) is 68.3 Å². The van der Waals surface area contributed by atoms with Crippen LogP contribution in [0, 0.1) is 0 Å². The van der Waals surface area contributed by atoms with Crippen molar-refractivity contribution in [1.82, 2.24) is 24.4 Å². The number of carbonyl (C=O) groups is 1. The van der Waals surface area contributed by atoms with Gasteiger partial charge in [-0.25, -0.2) is 14.8 Å². The number of anilines is 2. The van der Waals surface area contributed by atoms with Gasteiger partial charge < -0.3 is 29.8 Å². The lowest BCUT2D eigenvalue weighted by atomic mass is 9.95. The molecule has 1 amide bonds. The number of benzene rings is 2. The minimum absolute atomic E-state index is 0.00979. The SMILES string of the molecule is CNc1nc2[nH]c(-c3ccccc3CC3CN(C(=O)O)CCN3c3ccccc3)cc2c2c1ncn2C. The predicted octanol–water partition coefficient (Wildman–Crippen LogP) is 4.57. The molecule has 9 nitrogen and oxygen atoms in total. The van der Waals surface area contributed by atoms with E-state index in [4.69, 9.17) is 4.98 Å². The quantitative estimate of drug-likeness (QED) is 0.330. The van der Waals surface area contributed by atoms with Gasteiger partial charge in [0.2, 0.25) is 0 Å². The molecule has 4 heterocycles. The molecular weight excluding hydrogens is 466 g/mol. The fraction of sp³-hybridized carbons (Fsp3) is 0.250. The molecule has 2 aromatic carbocycles. The second-order valence-electron chi connectivity index (χ2n) is 9.48. The summed E-state index contributed by atoms with van der Waals surface area (Å²) in [4.78, 5) is 28.6. The van der Waals surface area contributed by atoms with Gasteiger partial charge >= 0.3 is 6.09 Å². The Kier molecular flexibility index (Phi) is 5.67. The molecule has 5 aromatic rings. The van der Waals surface area contributed by atoms with Crippen molar-refractivity contribution in [2.45, 2.75) is 12.5 Å². The van der Waals surface area contributed by atoms with Crippen molar-refractivity contribution < 1.29 is 9.90 Å². The summed E-state index contributed by atoms with van der Waals surface area (Å²) in [6, 6.07) is 20.7. The molecule has 1 fully saturated rings. The summed E-state index contributed by atoms with van der Waals surface area (Å²) in [6.07, 6.45) is 1.65. The van der Waals surface area contributed by atoms with Gasteiger partial charge in [-0.2, -0.15) is 0 Å². The van der Waals surface area contributed by atoms with Crippen molar-refractivity contribution in [3.05, 3.63) is 72.6 Å². The molecule has 1 aliphatic heterocycles. The van der Waals surface area contributed by atoms with E-state index in [2.05, 4.69) is 50.5 Å². The van der Waals surface area contributed by atoms with Crippen LogP contribution >= 0.6 is 0 Å². The zero-order chi connectivity index (χ0) is 25.5. The molecule has 1 atom stereocenters. The highest BCUT2D eigenvalue weighted by Crippen LogP contribution is 2.34. The number of H-pyrrole nitrogens is 1. The highest BCUT2D eigenvalue weighted by Gasteiger charge is 2.30. The van der Waals surface area contributed by atoms with Crippen LogP contribution in [0.1, 0.15) is 5.56 Å². The van der Waals surface area contributed by atoms with E-state index in [1.807, 2.05) is 55.3 Å². The first-order chi connectivity index (χ1) is 18.0. The molecule has 6 rings (SSSR count). The highest BCUT2D eigenvalue weighted by atomic mass is 16.4. The van der Waals surface area contributed by atoms with Crippen LogP contribution < -0.4 is 10.2 Å². The standard InChI is InChI=1S/C28H29N7O2/c1-29-27-24-25(33(2)17-30-24)22-15-23(31-26(22)32-27)21-11-7-6-8-18(21)14-20-16-34(28(36)37)12-13-35(20)19-9-4-3-5-10-19/h3-11,15,17,20H,12-14,16H2,1-2H3,(H,36,37)(H2,29,31,32). The van der Waals surface area contributed by atoms with Crippen molar-refractivity contribution in [2.24, 2.45) is 7.05 Å². The Hall–Kier alpha value is -4.53. The van der Waals surface area contributed by atoms with Gasteiger partial charge in [-0.1, -0.05) is 42.5 Å². The molecule has 0 spiro atoms. The fourth-order valence-electron chi connectivity index (χ4n) is 5.50. The minimum Gasteiger partial charge on any atom is -0.465 e. The zero-order valence-electron chi connectivity index (χ0n) is 20.8. The van der Waals surface area contributed by atoms with Crippen LogP contribution in [0.25, 0.3) is 33.3 Å². The Balaban J connectivity index is 1.41. The first-order valence-corrected chi connectivity index (χ1v) is 12.4. The number of aromatic nitrogens is 4. The Morgan fingerprint density at radius 3 is 2.70 bits per heavy atom. The number of rotatable bonds is 5. The molecule has 3 aromatic heterocycles. The van der Waals surface area contributed by atoms with Crippen molar-refractivity contribution in [1.29, 1.82) is 0 Å². The molecule has 0 aliphatic carbocycles. The molecule has 1 saturated heterocycles. The second-order valence-corrected chi connectivity index (χ2v) is 9.48. The Labute approximate surface area is 214 Å². The molecule has 9 heteroatoms. The number of nitrogens with one attached hydrogen (secondary N) is 2. The van der Waals surface area contributed by atoms with E-state index in [0.29, 0.717) is 26.1 Å². The lowest BCUT2D eigenvalue weighted by Crippen LogP contribution is -2.55. The van der Waals surface area contributed by atoms with E-state index in [9.17, 15) is 9.90 Å². The summed E-state index contributed by atoms with van der Waals surface area (Å²) in [6.45, 7) is 1.60. The average Bonchev–Trinajstić information content (AvgIpc) is 3.52. The number of carboxylic acid groups (broad SMARTS) is 1. The summed E-state index contributed by atoms with van der Waals surface area (Å²) in [5.74, 6) is 0.735. The van der Waals surface area contributed by atoms with E-state index >= 15 is 0 Å². The number of hydrogen-bond acceptors (Lipinski definition) is 5. The third-order valence-electron chi connectivity index (χ3n) is 7.28. The van der Waals surface area contributed by atoms with Crippen molar-refractivity contribution in [3.8, 4) is 11.3 Å². The third-order valence-corrected chi connectivity index (χ3v) is 7.28. The lowest BCUT2D eigenvalue weighted by Gasteiger charge is -2.42. The maximum atomic E-state index is 11.8. The van der Waals surface area contributed by atoms with Gasteiger partial charge in [0.1, 0.15) is 11.2 Å². The Morgan fingerprint density at radius 2 is 1.92 bits per heavy atom. The third kappa shape index (κ3) is 4.02. The van der Waals surface area contributed by atoms with E-state index in [0.717, 1.165) is 50.4 Å². The zero-order valence-corrected chi connectivity index (χ0v) is 20.8. The second kappa shape index (κ2) is 9.16. The number of hydrogen-bond donors (Lipinski definition) is 3. The number of nitrogens with zero attached hydrogens (tertiary/aromatic N) is 5. The van der Waals surface area contributed by atoms with Gasteiger partial charge in [0, 0.05) is 56.1 Å². The molecule has 1 unspecified atom stereocenters. The summed E-state index contributed by atoms with van der Waals surface area (Å²) >= 11 is 0. The van der Waals surface area contributed by atoms with Crippen molar-refractivity contribution in [3.63, 3.8) is 0 Å². The first kappa shape index (κ1) is 22.9. The molecule has 1 aliphatic rings. The smallest absolute Gasteiger partial charge is 0.407 e. The van der Waals surface area contributed by atoms with Gasteiger partial charge in [0.05, 0.1) is 17.9 Å². The van der Waals surface area contributed by atoms with E-state index < -0.39 is 6.09 Å². The molecule has 37 heavy (non-hydrogen) atoms. The number of imidazole rings is 1. The van der Waals surface area contributed by atoms with Gasteiger partial charge in [-0.3, -0.25) is 0 Å². The fourth-order valence-corrected chi connectivity index (χ4v) is 5.50. The number of fused-ring (bicyclic) bond motifs is 3. The van der Waals surface area contributed by atoms with E-state index in [1.54, 1.807) is 0 Å². The normalized spacial score (nSPS) is 16.0. The topological polar surface area (TPSA) is 102 Å². The van der Waals surface area contributed by atoms with Crippen LogP contribution in [0.3, 0.4) is 0 Å². The summed E-state index contributed by atoms with van der Waals surface area (Å²) < 4.78 is 2.02. The Bertz CT molecular complexity index is 1590. The van der Waals surface area contributed by atoms with E-state index in [-0.39, 0.29) is 6.04 Å².